The Kier molecular flexibility index (Phi) is 6.28. The lowest BCUT2D eigenvalue weighted by Crippen LogP contribution is -2.35. The number of rotatable bonds is 5. The number of amides is 1. The smallest absolute Gasteiger partial charge is 0.266 e. The second kappa shape index (κ2) is 9.31. The van der Waals surface area contributed by atoms with Crippen LogP contribution in [0.2, 0.25) is 0 Å². The molecule has 5 rings (SSSR count). The van der Waals surface area contributed by atoms with Crippen molar-refractivity contribution in [1.29, 1.82) is 0 Å². The van der Waals surface area contributed by atoms with Crippen molar-refractivity contribution < 1.29 is 9.53 Å². The van der Waals surface area contributed by atoms with Gasteiger partial charge in [-0.05, 0) is 43.2 Å². The highest BCUT2D eigenvalue weighted by Gasteiger charge is 2.35. The summed E-state index contributed by atoms with van der Waals surface area (Å²) < 4.78 is 9.13. The van der Waals surface area contributed by atoms with Gasteiger partial charge in [-0.1, -0.05) is 70.2 Å². The lowest BCUT2D eigenvalue weighted by atomic mass is 10.1. The topological polar surface area (TPSA) is 47.4 Å². The van der Waals surface area contributed by atoms with Crippen LogP contribution in [0.1, 0.15) is 18.4 Å². The molecule has 2 aliphatic heterocycles. The van der Waals surface area contributed by atoms with Gasteiger partial charge in [0, 0.05) is 28.4 Å². The van der Waals surface area contributed by atoms with E-state index in [9.17, 15) is 4.79 Å². The Balaban J connectivity index is 1.51. The monoisotopic (exact) mass is 525 g/mol. The van der Waals surface area contributed by atoms with Crippen molar-refractivity contribution in [2.24, 2.45) is 0 Å². The number of para-hydroxylation sites is 1. The second-order valence-electron chi connectivity index (χ2n) is 7.65. The number of carbonyl (C=O) groups excluding carboxylic acids is 1. The van der Waals surface area contributed by atoms with Crippen LogP contribution in [0.4, 0.5) is 0 Å². The van der Waals surface area contributed by atoms with Gasteiger partial charge in [-0.3, -0.25) is 9.69 Å². The van der Waals surface area contributed by atoms with Crippen LogP contribution in [-0.2, 0) is 9.53 Å². The molecule has 0 bridgehead atoms. The maximum Gasteiger partial charge on any atom is 0.266 e. The Hall–Kier alpha value is -2.26. The van der Waals surface area contributed by atoms with Crippen molar-refractivity contribution in [3.05, 3.63) is 75.7 Å². The summed E-state index contributed by atoms with van der Waals surface area (Å²) in [5.74, 6) is -0.0651. The number of thioether (sulfide) groups is 1. The third-order valence-electron chi connectivity index (χ3n) is 5.45. The number of nitrogens with zero attached hydrogens (tertiary/aromatic N) is 3. The molecule has 1 amide bonds. The maximum absolute atomic E-state index is 13.1. The first-order chi connectivity index (χ1) is 15.6. The molecule has 0 aliphatic carbocycles. The van der Waals surface area contributed by atoms with Gasteiger partial charge in [0.2, 0.25) is 0 Å². The largest absolute Gasteiger partial charge is 0.376 e. The van der Waals surface area contributed by atoms with Gasteiger partial charge >= 0.3 is 0 Å². The van der Waals surface area contributed by atoms with Crippen molar-refractivity contribution in [3.63, 3.8) is 0 Å². The van der Waals surface area contributed by atoms with Crippen LogP contribution < -0.4 is 0 Å². The van der Waals surface area contributed by atoms with Crippen LogP contribution in [0, 0.1) is 0 Å². The third kappa shape index (κ3) is 4.45. The lowest BCUT2D eigenvalue weighted by Gasteiger charge is -2.18. The number of hydrogen-bond donors (Lipinski definition) is 0. The lowest BCUT2D eigenvalue weighted by molar-refractivity contribution is -0.123. The van der Waals surface area contributed by atoms with Crippen LogP contribution in [0.3, 0.4) is 0 Å². The van der Waals surface area contributed by atoms with Gasteiger partial charge in [0.15, 0.2) is 0 Å². The van der Waals surface area contributed by atoms with E-state index < -0.39 is 0 Å². The zero-order valence-electron chi connectivity index (χ0n) is 17.1. The van der Waals surface area contributed by atoms with Gasteiger partial charge in [-0.15, -0.1) is 0 Å². The minimum absolute atomic E-state index is 0.0651. The highest BCUT2D eigenvalue weighted by molar-refractivity contribution is 9.10. The van der Waals surface area contributed by atoms with E-state index in [0.717, 1.165) is 46.4 Å². The fraction of sp³-hybridized carbons (Fsp3) is 0.208. The number of carbonyl (C=O) groups is 1. The first-order valence-electron chi connectivity index (χ1n) is 10.4. The van der Waals surface area contributed by atoms with E-state index in [-0.39, 0.29) is 12.0 Å². The van der Waals surface area contributed by atoms with E-state index in [4.69, 9.17) is 22.1 Å². The molecule has 2 saturated heterocycles. The molecule has 0 spiro atoms. The molecule has 1 atom stereocenters. The highest BCUT2D eigenvalue weighted by atomic mass is 79.9. The van der Waals surface area contributed by atoms with E-state index in [0.29, 0.717) is 15.8 Å². The van der Waals surface area contributed by atoms with Crippen molar-refractivity contribution in [2.75, 3.05) is 13.2 Å². The molecular weight excluding hydrogens is 506 g/mol. The standard InChI is InChI=1S/C24H20BrN3O2S2/c25-18-10-8-16(9-11-18)22-17(14-28(26-22)19-5-2-1-3-6-19)13-21-23(29)27(24(31)32-21)15-20-7-4-12-30-20/h1-3,5-6,8-11,13-14,20H,4,7,12,15H2/b21-13+/t20-/m0/s1. The average Bonchev–Trinajstić information content (AvgIpc) is 3.53. The molecule has 5 nitrogen and oxygen atoms in total. The van der Waals surface area contributed by atoms with Crippen molar-refractivity contribution in [1.82, 2.24) is 14.7 Å². The van der Waals surface area contributed by atoms with Gasteiger partial charge in [-0.2, -0.15) is 5.10 Å². The number of thiocarbonyl (C=S) groups is 1. The minimum Gasteiger partial charge on any atom is -0.376 e. The summed E-state index contributed by atoms with van der Waals surface area (Å²) >= 11 is 10.3. The van der Waals surface area contributed by atoms with Crippen molar-refractivity contribution >= 4 is 56.2 Å². The van der Waals surface area contributed by atoms with E-state index in [1.165, 1.54) is 11.8 Å². The molecule has 8 heteroatoms. The van der Waals surface area contributed by atoms with Crippen molar-refractivity contribution in [3.8, 4) is 16.9 Å². The zero-order chi connectivity index (χ0) is 22.1. The van der Waals surface area contributed by atoms with Gasteiger partial charge in [0.1, 0.15) is 4.32 Å². The summed E-state index contributed by atoms with van der Waals surface area (Å²) in [7, 11) is 0. The number of halogens is 1. The average molecular weight is 526 g/mol. The second-order valence-corrected chi connectivity index (χ2v) is 10.2. The molecule has 2 aromatic carbocycles. The molecule has 0 saturated carbocycles. The molecular formula is C24H20BrN3O2S2. The zero-order valence-corrected chi connectivity index (χ0v) is 20.3. The van der Waals surface area contributed by atoms with E-state index in [1.54, 1.807) is 4.90 Å². The summed E-state index contributed by atoms with van der Waals surface area (Å²) in [6, 6.07) is 17.9. The summed E-state index contributed by atoms with van der Waals surface area (Å²) in [5.41, 5.74) is 3.61. The van der Waals surface area contributed by atoms with Crippen LogP contribution in [-0.4, -0.2) is 44.2 Å². The Morgan fingerprint density at radius 1 is 1.19 bits per heavy atom. The predicted octanol–water partition coefficient (Wildman–Crippen LogP) is 5.68. The van der Waals surface area contributed by atoms with Crippen molar-refractivity contribution in [2.45, 2.75) is 18.9 Å². The predicted molar refractivity (Wildman–Crippen MR) is 136 cm³/mol. The van der Waals surface area contributed by atoms with Gasteiger partial charge < -0.3 is 4.74 Å². The first kappa shape index (κ1) is 21.6. The number of benzene rings is 2. The first-order valence-corrected chi connectivity index (χ1v) is 12.4. The van der Waals surface area contributed by atoms with E-state index >= 15 is 0 Å². The summed E-state index contributed by atoms with van der Waals surface area (Å²) in [5, 5.41) is 4.84. The molecule has 1 aromatic heterocycles. The molecule has 162 valence electrons. The minimum atomic E-state index is -0.0651. The molecule has 3 aromatic rings. The quantitative estimate of drug-likeness (QED) is 0.316. The van der Waals surface area contributed by atoms with Gasteiger partial charge in [0.05, 0.1) is 28.9 Å². The van der Waals surface area contributed by atoms with Crippen LogP contribution in [0.25, 0.3) is 23.0 Å². The molecule has 0 N–H and O–H groups in total. The molecule has 0 unspecified atom stereocenters. The SMILES string of the molecule is O=C1/C(=C\c2cn(-c3ccccc3)nc2-c2ccc(Br)cc2)SC(=S)N1C[C@@H]1CCCO1. The Morgan fingerprint density at radius 3 is 2.69 bits per heavy atom. The fourth-order valence-corrected chi connectivity index (χ4v) is 5.36. The maximum atomic E-state index is 13.1. The summed E-state index contributed by atoms with van der Waals surface area (Å²) in [6.45, 7) is 1.27. The molecule has 2 fully saturated rings. The molecule has 3 heterocycles. The number of aromatic nitrogens is 2. The van der Waals surface area contributed by atoms with E-state index in [2.05, 4.69) is 15.9 Å². The Morgan fingerprint density at radius 2 is 1.97 bits per heavy atom. The van der Waals surface area contributed by atoms with Gasteiger partial charge in [-0.25, -0.2) is 4.68 Å². The van der Waals surface area contributed by atoms with Crippen LogP contribution in [0.5, 0.6) is 0 Å². The fourth-order valence-electron chi connectivity index (χ4n) is 3.83. The summed E-state index contributed by atoms with van der Waals surface area (Å²) in [4.78, 5) is 15.4. The summed E-state index contributed by atoms with van der Waals surface area (Å²) in [6.07, 6.45) is 5.92. The third-order valence-corrected chi connectivity index (χ3v) is 7.36. The Labute approximate surface area is 204 Å². The molecule has 2 aliphatic rings. The Bertz CT molecular complexity index is 1190. The van der Waals surface area contributed by atoms with Crippen LogP contribution in [0.15, 0.2) is 70.2 Å². The number of ether oxygens (including phenoxy) is 1. The van der Waals surface area contributed by atoms with Gasteiger partial charge in [0.25, 0.3) is 5.91 Å². The van der Waals surface area contributed by atoms with E-state index in [1.807, 2.05) is 71.6 Å². The molecule has 0 radical (unpaired) electrons. The normalized spacial score (nSPS) is 20.0. The highest BCUT2D eigenvalue weighted by Crippen LogP contribution is 2.35. The van der Waals surface area contributed by atoms with Crippen LogP contribution >= 0.6 is 39.9 Å². The number of hydrogen-bond acceptors (Lipinski definition) is 5. The molecule has 32 heavy (non-hydrogen) atoms.